The molecule has 1 saturated heterocycles. The first-order chi connectivity index (χ1) is 21.4. The Morgan fingerprint density at radius 2 is 1.78 bits per heavy atom. The number of nitrogens with zero attached hydrogens (tertiary/aromatic N) is 4. The molecule has 9 nitrogen and oxygen atoms in total. The van der Waals surface area contributed by atoms with Crippen molar-refractivity contribution in [2.24, 2.45) is 0 Å². The zero-order valence-corrected chi connectivity index (χ0v) is 24.1. The minimum atomic E-state index is -2.87. The molecule has 0 spiro atoms. The van der Waals surface area contributed by atoms with Crippen molar-refractivity contribution in [1.82, 2.24) is 10.3 Å². The summed E-state index contributed by atoms with van der Waals surface area (Å²) in [6.45, 7) is 1.66. The maximum absolute atomic E-state index is 14.7. The van der Waals surface area contributed by atoms with Gasteiger partial charge in [-0.2, -0.15) is 5.26 Å². The molecular weight excluding hydrogens is 594 g/mol. The lowest BCUT2D eigenvalue weighted by Gasteiger charge is -2.37. The Labute approximate surface area is 256 Å². The van der Waals surface area contributed by atoms with Gasteiger partial charge in [0.05, 0.1) is 17.3 Å². The van der Waals surface area contributed by atoms with E-state index in [4.69, 9.17) is 0 Å². The molecule has 1 aromatic heterocycles. The van der Waals surface area contributed by atoms with Crippen LogP contribution in [-0.4, -0.2) is 51.9 Å². The number of alkyl halides is 2. The summed E-state index contributed by atoms with van der Waals surface area (Å²) < 4.78 is 57.1. The lowest BCUT2D eigenvalue weighted by molar-refractivity contribution is -0.128. The van der Waals surface area contributed by atoms with E-state index in [0.29, 0.717) is 11.6 Å². The summed E-state index contributed by atoms with van der Waals surface area (Å²) >= 11 is 0. The maximum Gasteiger partial charge on any atom is 0.257 e. The average molecular weight is 624 g/mol. The average Bonchev–Trinajstić information content (AvgIpc) is 3.30. The molecule has 2 fully saturated rings. The first kappa shape index (κ1) is 31.6. The number of nitriles is 1. The molecule has 1 saturated carbocycles. The van der Waals surface area contributed by atoms with Crippen LogP contribution in [0.1, 0.15) is 54.8 Å². The summed E-state index contributed by atoms with van der Waals surface area (Å²) in [6.07, 6.45) is -1.83. The third-order valence-corrected chi connectivity index (χ3v) is 8.10. The zero-order valence-electron chi connectivity index (χ0n) is 24.1. The molecule has 0 radical (unpaired) electrons. The molecule has 5 rings (SSSR count). The molecule has 2 N–H and O–H groups in total. The predicted molar refractivity (Wildman–Crippen MR) is 154 cm³/mol. The fourth-order valence-corrected chi connectivity index (χ4v) is 5.83. The first-order valence-electron chi connectivity index (χ1n) is 14.3. The zero-order chi connectivity index (χ0) is 32.5. The van der Waals surface area contributed by atoms with Crippen LogP contribution in [0.5, 0.6) is 0 Å². The summed E-state index contributed by atoms with van der Waals surface area (Å²) in [5.74, 6) is -7.77. The summed E-state index contributed by atoms with van der Waals surface area (Å²) in [7, 11) is 0. The van der Waals surface area contributed by atoms with Crippen LogP contribution in [-0.2, 0) is 14.4 Å². The van der Waals surface area contributed by atoms with E-state index < -0.39 is 78.8 Å². The first-order valence-corrected chi connectivity index (χ1v) is 14.3. The summed E-state index contributed by atoms with van der Waals surface area (Å²) in [6, 6.07) is 9.59. The number of anilines is 2. The van der Waals surface area contributed by atoms with E-state index in [1.165, 1.54) is 18.3 Å². The third kappa shape index (κ3) is 6.66. The van der Waals surface area contributed by atoms with Crippen LogP contribution in [0.4, 0.5) is 29.1 Å². The van der Waals surface area contributed by atoms with Gasteiger partial charge in [-0.15, -0.1) is 0 Å². The van der Waals surface area contributed by atoms with Gasteiger partial charge in [-0.1, -0.05) is 24.3 Å². The summed E-state index contributed by atoms with van der Waals surface area (Å²) in [5, 5.41) is 22.7. The van der Waals surface area contributed by atoms with Gasteiger partial charge in [0.25, 0.3) is 11.8 Å². The molecule has 1 aliphatic heterocycles. The highest BCUT2D eigenvalue weighted by Crippen LogP contribution is 2.37. The van der Waals surface area contributed by atoms with Gasteiger partial charge < -0.3 is 10.4 Å². The van der Waals surface area contributed by atoms with Crippen molar-refractivity contribution < 1.29 is 37.1 Å². The molecule has 3 aromatic rings. The minimum absolute atomic E-state index is 0.0280. The number of amides is 3. The SMILES string of the molecule is Cc1ccccc1C(C(=O)NC1CCC(F)(F)CC1)N(C(=O)C1CC(O)C(=O)N1c1cc(C#N)ccn1)c1cc(F)cc(F)c1. The van der Waals surface area contributed by atoms with Crippen LogP contribution in [0.15, 0.2) is 60.8 Å². The standard InChI is InChI=1S/C32H29F4N5O4/c1-18-4-2-3-5-24(18)28(29(43)39-22-6-9-32(35,36)10-7-22)40(23-14-20(33)13-21(34)15-23)30(44)25-16-26(42)31(45)41(25)27-12-19(17-37)8-11-38-27/h2-5,8,11-15,22,25-26,28,42H,6-7,9-10,16H2,1H3,(H,39,43). The van der Waals surface area contributed by atoms with Crippen molar-refractivity contribution in [2.45, 2.75) is 69.2 Å². The molecule has 3 amide bonds. The van der Waals surface area contributed by atoms with E-state index in [9.17, 15) is 42.3 Å². The number of hydrogen-bond acceptors (Lipinski definition) is 6. The fourth-order valence-electron chi connectivity index (χ4n) is 5.83. The van der Waals surface area contributed by atoms with Crippen LogP contribution in [0.25, 0.3) is 0 Å². The van der Waals surface area contributed by atoms with E-state index in [1.807, 2.05) is 6.07 Å². The number of carbonyl (C=O) groups excluding carboxylic acids is 3. The van der Waals surface area contributed by atoms with Gasteiger partial charge >= 0.3 is 0 Å². The highest BCUT2D eigenvalue weighted by atomic mass is 19.3. The summed E-state index contributed by atoms with van der Waals surface area (Å²) in [5.41, 5.74) is 0.559. The smallest absolute Gasteiger partial charge is 0.257 e. The van der Waals surface area contributed by atoms with E-state index in [2.05, 4.69) is 10.3 Å². The van der Waals surface area contributed by atoms with E-state index >= 15 is 0 Å². The number of aromatic nitrogens is 1. The second-order valence-electron chi connectivity index (χ2n) is 11.2. The number of aryl methyl sites for hydroxylation is 1. The summed E-state index contributed by atoms with van der Waals surface area (Å²) in [4.78, 5) is 47.8. The molecule has 3 unspecified atom stereocenters. The van der Waals surface area contributed by atoms with Crippen molar-refractivity contribution in [2.75, 3.05) is 9.80 Å². The van der Waals surface area contributed by atoms with Gasteiger partial charge in [0.1, 0.15) is 35.6 Å². The van der Waals surface area contributed by atoms with Crippen LogP contribution in [0, 0.1) is 29.9 Å². The van der Waals surface area contributed by atoms with Crippen molar-refractivity contribution in [3.05, 3.63) is 89.1 Å². The Morgan fingerprint density at radius 3 is 2.42 bits per heavy atom. The molecule has 0 bridgehead atoms. The van der Waals surface area contributed by atoms with E-state index in [0.717, 1.165) is 21.9 Å². The lowest BCUT2D eigenvalue weighted by Crippen LogP contribution is -2.53. The number of hydrogen-bond donors (Lipinski definition) is 2. The molecule has 2 aliphatic rings. The number of rotatable bonds is 7. The molecular formula is C32H29F4N5O4. The van der Waals surface area contributed by atoms with Crippen LogP contribution in [0.3, 0.4) is 0 Å². The Kier molecular flexibility index (Phi) is 8.88. The molecule has 2 aromatic carbocycles. The van der Waals surface area contributed by atoms with Gasteiger partial charge in [0, 0.05) is 37.6 Å². The number of halogens is 4. The van der Waals surface area contributed by atoms with Crippen molar-refractivity contribution in [1.29, 1.82) is 5.26 Å². The Balaban J connectivity index is 1.63. The van der Waals surface area contributed by atoms with E-state index in [-0.39, 0.29) is 35.5 Å². The highest BCUT2D eigenvalue weighted by molar-refractivity contribution is 6.12. The minimum Gasteiger partial charge on any atom is -0.383 e. The quantitative estimate of drug-likeness (QED) is 0.374. The third-order valence-electron chi connectivity index (χ3n) is 8.10. The van der Waals surface area contributed by atoms with E-state index in [1.54, 1.807) is 31.2 Å². The van der Waals surface area contributed by atoms with Gasteiger partial charge in [0.15, 0.2) is 0 Å². The largest absolute Gasteiger partial charge is 0.383 e. The van der Waals surface area contributed by atoms with Gasteiger partial charge in [-0.05, 0) is 55.2 Å². The molecule has 13 heteroatoms. The monoisotopic (exact) mass is 623 g/mol. The highest BCUT2D eigenvalue weighted by Gasteiger charge is 2.48. The van der Waals surface area contributed by atoms with Crippen LogP contribution in [0.2, 0.25) is 0 Å². The number of benzene rings is 2. The van der Waals surface area contributed by atoms with Gasteiger partial charge in [0.2, 0.25) is 11.8 Å². The molecule has 45 heavy (non-hydrogen) atoms. The number of nitrogens with one attached hydrogen (secondary N) is 1. The molecule has 2 heterocycles. The molecule has 3 atom stereocenters. The normalized spacial score (nSPS) is 20.4. The Morgan fingerprint density at radius 1 is 1.11 bits per heavy atom. The van der Waals surface area contributed by atoms with Crippen molar-refractivity contribution >= 4 is 29.2 Å². The number of aliphatic hydroxyl groups is 1. The molecule has 1 aliphatic carbocycles. The molecule has 234 valence electrons. The van der Waals surface area contributed by atoms with Gasteiger partial charge in [-0.3, -0.25) is 24.2 Å². The maximum atomic E-state index is 14.7. The fraction of sp³-hybridized carbons (Fsp3) is 0.344. The van der Waals surface area contributed by atoms with Gasteiger partial charge in [-0.25, -0.2) is 22.5 Å². The van der Waals surface area contributed by atoms with Crippen LogP contribution < -0.4 is 15.1 Å². The topological polar surface area (TPSA) is 127 Å². The predicted octanol–water partition coefficient (Wildman–Crippen LogP) is 4.47. The Bertz CT molecular complexity index is 1650. The second-order valence-corrected chi connectivity index (χ2v) is 11.2. The van der Waals surface area contributed by atoms with Crippen molar-refractivity contribution in [3.8, 4) is 6.07 Å². The Hall–Kier alpha value is -4.83. The second kappa shape index (κ2) is 12.6. The van der Waals surface area contributed by atoms with Crippen LogP contribution >= 0.6 is 0 Å². The lowest BCUT2D eigenvalue weighted by atomic mass is 9.91. The number of aliphatic hydroxyl groups excluding tert-OH is 1. The number of pyridine rings is 1. The number of carbonyl (C=O) groups is 3. The van der Waals surface area contributed by atoms with Crippen molar-refractivity contribution in [3.63, 3.8) is 0 Å².